The van der Waals surface area contributed by atoms with Crippen LogP contribution in [-0.4, -0.2) is 40.9 Å². The van der Waals surface area contributed by atoms with Crippen LogP contribution in [0.2, 0.25) is 0 Å². The summed E-state index contributed by atoms with van der Waals surface area (Å²) in [7, 11) is 2.20. The van der Waals surface area contributed by atoms with Gasteiger partial charge >= 0.3 is 0 Å². The van der Waals surface area contributed by atoms with Crippen LogP contribution >= 0.6 is 0 Å². The fraction of sp³-hybridized carbons (Fsp3) is 0.438. The highest BCUT2D eigenvalue weighted by atomic mass is 15.3. The molecule has 1 fully saturated rings. The minimum absolute atomic E-state index is 0.636. The Morgan fingerprint density at radius 1 is 1.20 bits per heavy atom. The maximum absolute atomic E-state index is 4.33. The van der Waals surface area contributed by atoms with Gasteiger partial charge in [0.25, 0.3) is 0 Å². The summed E-state index contributed by atoms with van der Waals surface area (Å²) < 4.78 is 1.94. The van der Waals surface area contributed by atoms with Crippen LogP contribution in [0.25, 0.3) is 5.69 Å². The zero-order valence-corrected chi connectivity index (χ0v) is 12.0. The van der Waals surface area contributed by atoms with Gasteiger partial charge in [-0.1, -0.05) is 18.2 Å². The molecule has 2 heterocycles. The maximum Gasteiger partial charge on any atom is 0.0690 e. The normalized spacial score (nSPS) is 17.4. The second kappa shape index (κ2) is 6.20. The van der Waals surface area contributed by atoms with Crippen LogP contribution < -0.4 is 5.32 Å². The molecule has 4 heteroatoms. The van der Waals surface area contributed by atoms with E-state index >= 15 is 0 Å². The summed E-state index contributed by atoms with van der Waals surface area (Å²) in [6, 6.07) is 11.1. The number of hydrogen-bond acceptors (Lipinski definition) is 3. The van der Waals surface area contributed by atoms with Gasteiger partial charge in [-0.3, -0.25) is 0 Å². The summed E-state index contributed by atoms with van der Waals surface area (Å²) in [6.45, 7) is 3.29. The van der Waals surface area contributed by atoms with Gasteiger partial charge in [0.15, 0.2) is 0 Å². The van der Waals surface area contributed by atoms with Crippen LogP contribution in [0, 0.1) is 0 Å². The Bertz CT molecular complexity index is 527. The molecule has 0 atom stereocenters. The number of rotatable bonds is 4. The minimum atomic E-state index is 0.636. The average Bonchev–Trinajstić information content (AvgIpc) is 3.01. The van der Waals surface area contributed by atoms with Gasteiger partial charge in [0.2, 0.25) is 0 Å². The number of aromatic nitrogens is 2. The molecule has 1 aliphatic rings. The molecule has 3 rings (SSSR count). The Hall–Kier alpha value is -1.65. The number of hydrogen-bond donors (Lipinski definition) is 1. The van der Waals surface area contributed by atoms with Crippen molar-refractivity contribution in [3.8, 4) is 5.69 Å². The summed E-state index contributed by atoms with van der Waals surface area (Å²) in [5.74, 6) is 0. The first-order valence-corrected chi connectivity index (χ1v) is 7.33. The van der Waals surface area contributed by atoms with Gasteiger partial charge in [-0.25, -0.2) is 4.68 Å². The van der Waals surface area contributed by atoms with E-state index in [1.54, 1.807) is 0 Å². The van der Waals surface area contributed by atoms with Crippen LogP contribution in [0.15, 0.2) is 42.7 Å². The zero-order chi connectivity index (χ0) is 13.8. The maximum atomic E-state index is 4.33. The highest BCUT2D eigenvalue weighted by Crippen LogP contribution is 2.15. The van der Waals surface area contributed by atoms with E-state index in [4.69, 9.17) is 0 Å². The molecule has 0 unspecified atom stereocenters. The van der Waals surface area contributed by atoms with Crippen molar-refractivity contribution in [2.45, 2.75) is 25.4 Å². The lowest BCUT2D eigenvalue weighted by Gasteiger charge is -2.29. The Labute approximate surface area is 120 Å². The molecular formula is C16H22N4. The third-order valence-electron chi connectivity index (χ3n) is 4.04. The van der Waals surface area contributed by atoms with E-state index in [-0.39, 0.29) is 0 Å². The number of piperidine rings is 1. The fourth-order valence-corrected chi connectivity index (χ4v) is 2.76. The fourth-order valence-electron chi connectivity index (χ4n) is 2.76. The van der Waals surface area contributed by atoms with Crippen LogP contribution in [0.1, 0.15) is 18.4 Å². The quantitative estimate of drug-likeness (QED) is 0.923. The number of benzene rings is 1. The highest BCUT2D eigenvalue weighted by molar-refractivity contribution is 5.40. The number of nitrogens with zero attached hydrogens (tertiary/aromatic N) is 3. The van der Waals surface area contributed by atoms with E-state index in [9.17, 15) is 0 Å². The molecule has 1 aromatic heterocycles. The van der Waals surface area contributed by atoms with Crippen LogP contribution in [0.5, 0.6) is 0 Å². The van der Waals surface area contributed by atoms with Gasteiger partial charge < -0.3 is 10.2 Å². The molecule has 0 radical (unpaired) electrons. The molecule has 2 aromatic rings. The van der Waals surface area contributed by atoms with Gasteiger partial charge in [0.05, 0.1) is 5.69 Å². The molecule has 20 heavy (non-hydrogen) atoms. The zero-order valence-electron chi connectivity index (χ0n) is 12.0. The number of nitrogens with one attached hydrogen (secondary N) is 1. The summed E-state index contributed by atoms with van der Waals surface area (Å²) >= 11 is 0. The van der Waals surface area contributed by atoms with Crippen molar-refractivity contribution in [3.05, 3.63) is 48.3 Å². The summed E-state index contributed by atoms with van der Waals surface area (Å²) in [6.07, 6.45) is 6.29. The van der Waals surface area contributed by atoms with Crippen LogP contribution in [0.3, 0.4) is 0 Å². The average molecular weight is 270 g/mol. The largest absolute Gasteiger partial charge is 0.310 e. The van der Waals surface area contributed by atoms with E-state index in [0.29, 0.717) is 6.04 Å². The molecule has 0 spiro atoms. The van der Waals surface area contributed by atoms with E-state index in [0.717, 1.165) is 12.2 Å². The van der Waals surface area contributed by atoms with Gasteiger partial charge in [-0.2, -0.15) is 5.10 Å². The van der Waals surface area contributed by atoms with Crippen molar-refractivity contribution in [2.75, 3.05) is 20.1 Å². The first-order chi connectivity index (χ1) is 9.83. The van der Waals surface area contributed by atoms with Crippen molar-refractivity contribution in [3.63, 3.8) is 0 Å². The lowest BCUT2D eigenvalue weighted by atomic mass is 10.0. The van der Waals surface area contributed by atoms with Crippen molar-refractivity contribution in [2.24, 2.45) is 0 Å². The Kier molecular flexibility index (Phi) is 4.14. The van der Waals surface area contributed by atoms with Gasteiger partial charge in [-0.15, -0.1) is 0 Å². The molecule has 0 aliphatic carbocycles. The number of para-hydroxylation sites is 1. The van der Waals surface area contributed by atoms with Crippen molar-refractivity contribution in [1.82, 2.24) is 20.0 Å². The van der Waals surface area contributed by atoms with Gasteiger partial charge in [0.1, 0.15) is 0 Å². The van der Waals surface area contributed by atoms with Crippen LogP contribution in [0.4, 0.5) is 0 Å². The summed E-state index contributed by atoms with van der Waals surface area (Å²) in [5.41, 5.74) is 2.47. The molecule has 0 amide bonds. The van der Waals surface area contributed by atoms with Gasteiger partial charge in [-0.05, 0) is 50.7 Å². The van der Waals surface area contributed by atoms with Crippen molar-refractivity contribution < 1.29 is 0 Å². The Morgan fingerprint density at radius 2 is 2.00 bits per heavy atom. The van der Waals surface area contributed by atoms with E-state index in [1.165, 1.54) is 31.5 Å². The Balaban J connectivity index is 1.66. The lowest BCUT2D eigenvalue weighted by molar-refractivity contribution is 0.234. The number of likely N-dealkylation sites (tertiary alicyclic amines) is 1. The SMILES string of the molecule is CN1CCC(NCc2ccccc2-n2cccn2)CC1. The second-order valence-electron chi connectivity index (χ2n) is 5.54. The summed E-state index contributed by atoms with van der Waals surface area (Å²) in [5, 5.41) is 8.03. The molecule has 1 aromatic carbocycles. The molecule has 1 aliphatic heterocycles. The molecule has 106 valence electrons. The van der Waals surface area contributed by atoms with Gasteiger partial charge in [0, 0.05) is 25.0 Å². The third-order valence-corrected chi connectivity index (χ3v) is 4.04. The molecule has 1 N–H and O–H groups in total. The van der Waals surface area contributed by atoms with E-state index in [1.807, 2.05) is 23.1 Å². The van der Waals surface area contributed by atoms with E-state index in [2.05, 4.69) is 46.6 Å². The second-order valence-corrected chi connectivity index (χ2v) is 5.54. The van der Waals surface area contributed by atoms with Crippen molar-refractivity contribution in [1.29, 1.82) is 0 Å². The molecule has 1 saturated heterocycles. The first kappa shape index (κ1) is 13.3. The van der Waals surface area contributed by atoms with Crippen LogP contribution in [-0.2, 0) is 6.54 Å². The predicted molar refractivity (Wildman–Crippen MR) is 80.9 cm³/mol. The summed E-state index contributed by atoms with van der Waals surface area (Å²) in [4.78, 5) is 2.40. The monoisotopic (exact) mass is 270 g/mol. The Morgan fingerprint density at radius 3 is 2.75 bits per heavy atom. The first-order valence-electron chi connectivity index (χ1n) is 7.33. The molecular weight excluding hydrogens is 248 g/mol. The lowest BCUT2D eigenvalue weighted by Crippen LogP contribution is -2.40. The highest BCUT2D eigenvalue weighted by Gasteiger charge is 2.16. The topological polar surface area (TPSA) is 33.1 Å². The molecule has 0 bridgehead atoms. The predicted octanol–water partition coefficient (Wildman–Crippen LogP) is 2.06. The standard InChI is InChI=1S/C16H22N4/c1-19-11-7-15(8-12-19)17-13-14-5-2-3-6-16(14)20-10-4-9-18-20/h2-6,9-10,15,17H,7-8,11-13H2,1H3. The third kappa shape index (κ3) is 3.08. The smallest absolute Gasteiger partial charge is 0.0690 e. The molecule has 0 saturated carbocycles. The minimum Gasteiger partial charge on any atom is -0.310 e. The molecule has 4 nitrogen and oxygen atoms in total. The van der Waals surface area contributed by atoms with E-state index < -0.39 is 0 Å². The van der Waals surface area contributed by atoms with Crippen molar-refractivity contribution >= 4 is 0 Å².